The summed E-state index contributed by atoms with van der Waals surface area (Å²) in [6.45, 7) is 0.510. The van der Waals surface area contributed by atoms with Gasteiger partial charge in [-0.2, -0.15) is 0 Å². The molecule has 47 heavy (non-hydrogen) atoms. The first-order valence-electron chi connectivity index (χ1n) is 16.1. The number of hydrogen-bond donors (Lipinski definition) is 3. The number of nitrogens with zero attached hydrogens (tertiary/aromatic N) is 1. The second kappa shape index (κ2) is 13.4. The van der Waals surface area contributed by atoms with Gasteiger partial charge in [-0.3, -0.25) is 24.4 Å². The lowest BCUT2D eigenvalue weighted by Gasteiger charge is -2.26. The molecule has 6 rings (SSSR count). The summed E-state index contributed by atoms with van der Waals surface area (Å²) in [5.41, 5.74) is -1.05. The van der Waals surface area contributed by atoms with Crippen LogP contribution in [-0.4, -0.2) is 67.6 Å². The van der Waals surface area contributed by atoms with E-state index in [1.807, 2.05) is 30.4 Å². The fourth-order valence-electron chi connectivity index (χ4n) is 6.46. The standard InChI is InChI=1S/C34H40N4O8S/c1-38-18-10-3-2-5-11-22-21-34(22,32(41)37-47(43,44)25-16-17-25)36-30(39)26-19-24(20-27(26)31(38)40)46-33(42)35-28-14-8-9-15-29(28)45-23-12-6-4-7-13-23/h4-9,11-15,22,24-27H,2-3,10,16-21H2,1H3,(H,35,42)(H,36,39)(H,37,41)/b11-5-/t22-,24+,26-,27-,34+/m0/s1. The molecule has 2 aromatic rings. The number of anilines is 1. The van der Waals surface area contributed by atoms with Crippen molar-refractivity contribution in [3.8, 4) is 11.5 Å². The number of benzene rings is 2. The van der Waals surface area contributed by atoms with Crippen LogP contribution in [0.4, 0.5) is 10.5 Å². The molecule has 0 bridgehead atoms. The molecule has 0 unspecified atom stereocenters. The molecular formula is C34H40N4O8S. The normalized spacial score (nSPS) is 28.5. The molecule has 3 aliphatic carbocycles. The number of fused-ring (bicyclic) bond motifs is 2. The van der Waals surface area contributed by atoms with E-state index in [2.05, 4.69) is 15.4 Å². The van der Waals surface area contributed by atoms with Crippen LogP contribution in [0.5, 0.6) is 11.5 Å². The minimum absolute atomic E-state index is 0.0598. The first-order chi connectivity index (χ1) is 22.6. The van der Waals surface area contributed by atoms with Gasteiger partial charge in [0.25, 0.3) is 5.91 Å². The van der Waals surface area contributed by atoms with Gasteiger partial charge in [-0.05, 0) is 75.6 Å². The Bertz CT molecular complexity index is 1660. The van der Waals surface area contributed by atoms with E-state index in [-0.39, 0.29) is 31.1 Å². The molecule has 0 aromatic heterocycles. The fraction of sp³-hybridized carbons (Fsp3) is 0.471. The smallest absolute Gasteiger partial charge is 0.412 e. The van der Waals surface area contributed by atoms with Gasteiger partial charge in [0.1, 0.15) is 17.4 Å². The zero-order chi connectivity index (χ0) is 33.2. The molecular weight excluding hydrogens is 624 g/mol. The number of ether oxygens (including phenoxy) is 2. The van der Waals surface area contributed by atoms with Crippen molar-refractivity contribution in [1.29, 1.82) is 0 Å². The molecule has 3 N–H and O–H groups in total. The monoisotopic (exact) mass is 664 g/mol. The first kappa shape index (κ1) is 32.5. The van der Waals surface area contributed by atoms with Crippen LogP contribution in [0.1, 0.15) is 51.4 Å². The quantitative estimate of drug-likeness (QED) is 0.373. The van der Waals surface area contributed by atoms with E-state index in [9.17, 15) is 27.6 Å². The van der Waals surface area contributed by atoms with Gasteiger partial charge in [-0.25, -0.2) is 13.2 Å². The van der Waals surface area contributed by atoms with Gasteiger partial charge in [0.15, 0.2) is 5.75 Å². The van der Waals surface area contributed by atoms with E-state index in [1.54, 1.807) is 48.3 Å². The van der Waals surface area contributed by atoms with Crippen LogP contribution >= 0.6 is 0 Å². The van der Waals surface area contributed by atoms with E-state index in [0.717, 1.165) is 19.3 Å². The van der Waals surface area contributed by atoms with E-state index in [4.69, 9.17) is 9.47 Å². The summed E-state index contributed by atoms with van der Waals surface area (Å²) in [6, 6.07) is 16.0. The SMILES string of the molecule is CN1CCCC/C=C\[C@H]2C[C@@]2(C(=O)NS(=O)(=O)C2CC2)NC(=O)[C@H]2C[C@@H](OC(=O)Nc3ccccc3Oc3ccccc3)C[C@@H]2C1=O. The summed E-state index contributed by atoms with van der Waals surface area (Å²) in [7, 11) is -2.14. The number of allylic oxidation sites excluding steroid dienone is 1. The molecule has 0 spiro atoms. The first-order valence-corrected chi connectivity index (χ1v) is 17.7. The minimum Gasteiger partial charge on any atom is -0.455 e. The highest BCUT2D eigenvalue weighted by Gasteiger charge is 2.62. The highest BCUT2D eigenvalue weighted by Crippen LogP contribution is 2.47. The molecule has 5 atom stereocenters. The summed E-state index contributed by atoms with van der Waals surface area (Å²) in [4.78, 5) is 55.7. The zero-order valence-corrected chi connectivity index (χ0v) is 27.0. The predicted molar refractivity (Wildman–Crippen MR) is 173 cm³/mol. The number of carbonyl (C=O) groups is 4. The van der Waals surface area contributed by atoms with Crippen LogP contribution in [0.15, 0.2) is 66.7 Å². The molecule has 1 aliphatic heterocycles. The molecule has 4 amide bonds. The molecule has 2 aromatic carbocycles. The second-order valence-corrected chi connectivity index (χ2v) is 14.8. The van der Waals surface area contributed by atoms with Crippen molar-refractivity contribution in [1.82, 2.24) is 14.9 Å². The van der Waals surface area contributed by atoms with E-state index in [0.29, 0.717) is 36.6 Å². The minimum atomic E-state index is -3.84. The fourth-order valence-corrected chi connectivity index (χ4v) is 7.82. The number of amides is 4. The van der Waals surface area contributed by atoms with Crippen LogP contribution in [0.2, 0.25) is 0 Å². The van der Waals surface area contributed by atoms with Gasteiger partial charge >= 0.3 is 6.09 Å². The maximum atomic E-state index is 13.9. The third-order valence-electron chi connectivity index (χ3n) is 9.37. The largest absolute Gasteiger partial charge is 0.455 e. The maximum Gasteiger partial charge on any atom is 0.412 e. The molecule has 3 saturated carbocycles. The van der Waals surface area contributed by atoms with Crippen molar-refractivity contribution in [2.24, 2.45) is 17.8 Å². The van der Waals surface area contributed by atoms with Gasteiger partial charge in [-0.1, -0.05) is 42.5 Å². The number of nitrogens with one attached hydrogen (secondary N) is 3. The molecule has 13 heteroatoms. The second-order valence-electron chi connectivity index (χ2n) is 12.9. The van der Waals surface area contributed by atoms with Crippen molar-refractivity contribution in [2.75, 3.05) is 18.9 Å². The van der Waals surface area contributed by atoms with Crippen molar-refractivity contribution < 1.29 is 37.1 Å². The third kappa shape index (κ3) is 7.45. The lowest BCUT2D eigenvalue weighted by molar-refractivity contribution is -0.140. The van der Waals surface area contributed by atoms with Crippen molar-refractivity contribution in [3.63, 3.8) is 0 Å². The Morgan fingerprint density at radius 3 is 2.47 bits per heavy atom. The molecule has 3 fully saturated rings. The molecule has 12 nitrogen and oxygen atoms in total. The number of sulfonamides is 1. The number of para-hydroxylation sites is 3. The Morgan fingerprint density at radius 2 is 1.70 bits per heavy atom. The molecule has 250 valence electrons. The van der Waals surface area contributed by atoms with Crippen molar-refractivity contribution >= 4 is 39.5 Å². The Kier molecular flexibility index (Phi) is 9.27. The highest BCUT2D eigenvalue weighted by molar-refractivity contribution is 7.91. The summed E-state index contributed by atoms with van der Waals surface area (Å²) in [6.07, 6.45) is 5.98. The maximum absolute atomic E-state index is 13.9. The van der Waals surface area contributed by atoms with Crippen LogP contribution in [0, 0.1) is 17.8 Å². The summed E-state index contributed by atoms with van der Waals surface area (Å²) < 4.78 is 39.1. The summed E-state index contributed by atoms with van der Waals surface area (Å²) in [5.74, 6) is -2.62. The summed E-state index contributed by atoms with van der Waals surface area (Å²) in [5, 5.41) is 4.96. The Hall–Kier alpha value is -4.39. The number of carbonyl (C=O) groups excluding carboxylic acids is 4. The zero-order valence-electron chi connectivity index (χ0n) is 26.2. The van der Waals surface area contributed by atoms with Gasteiger partial charge in [0, 0.05) is 19.5 Å². The van der Waals surface area contributed by atoms with E-state index < -0.39 is 56.7 Å². The number of hydrogen-bond acceptors (Lipinski definition) is 8. The van der Waals surface area contributed by atoms with Gasteiger partial charge < -0.3 is 19.7 Å². The third-order valence-corrected chi connectivity index (χ3v) is 11.2. The average molecular weight is 665 g/mol. The Balaban J connectivity index is 1.18. The van der Waals surface area contributed by atoms with Crippen LogP contribution < -0.4 is 20.1 Å². The van der Waals surface area contributed by atoms with Crippen LogP contribution in [0.3, 0.4) is 0 Å². The predicted octanol–water partition coefficient (Wildman–Crippen LogP) is 4.10. The lowest BCUT2D eigenvalue weighted by atomic mass is 9.93. The molecule has 0 radical (unpaired) electrons. The Labute approximate surface area is 274 Å². The van der Waals surface area contributed by atoms with Gasteiger partial charge in [0.05, 0.1) is 22.8 Å². The molecule has 0 saturated heterocycles. The van der Waals surface area contributed by atoms with Crippen LogP contribution in [-0.2, 0) is 29.1 Å². The lowest BCUT2D eigenvalue weighted by Crippen LogP contribution is -2.54. The summed E-state index contributed by atoms with van der Waals surface area (Å²) >= 11 is 0. The van der Waals surface area contributed by atoms with Crippen LogP contribution in [0.25, 0.3) is 0 Å². The van der Waals surface area contributed by atoms with E-state index in [1.165, 1.54) is 0 Å². The van der Waals surface area contributed by atoms with Gasteiger partial charge in [0.2, 0.25) is 21.8 Å². The highest BCUT2D eigenvalue weighted by atomic mass is 32.2. The molecule has 4 aliphatic rings. The topological polar surface area (TPSA) is 160 Å². The average Bonchev–Trinajstić information content (AvgIpc) is 3.97. The van der Waals surface area contributed by atoms with Crippen molar-refractivity contribution in [3.05, 3.63) is 66.7 Å². The molecule has 1 heterocycles. The number of rotatable bonds is 7. The van der Waals surface area contributed by atoms with Crippen molar-refractivity contribution in [2.45, 2.75) is 68.3 Å². The Morgan fingerprint density at radius 1 is 0.979 bits per heavy atom. The van der Waals surface area contributed by atoms with E-state index >= 15 is 0 Å². The van der Waals surface area contributed by atoms with Gasteiger partial charge in [-0.15, -0.1) is 0 Å².